The van der Waals surface area contributed by atoms with Crippen LogP contribution >= 0.6 is 0 Å². The van der Waals surface area contributed by atoms with E-state index in [1.54, 1.807) is 0 Å². The zero-order valence-corrected chi connectivity index (χ0v) is 13.3. The summed E-state index contributed by atoms with van der Waals surface area (Å²) in [4.78, 5) is 0. The zero-order valence-electron chi connectivity index (χ0n) is 13.3. The van der Waals surface area contributed by atoms with Gasteiger partial charge in [-0.05, 0) is 38.0 Å². The molecule has 0 bridgehead atoms. The van der Waals surface area contributed by atoms with Gasteiger partial charge in [0, 0.05) is 23.0 Å². The van der Waals surface area contributed by atoms with E-state index in [-0.39, 0.29) is 0 Å². The second-order valence-corrected chi connectivity index (χ2v) is 5.33. The van der Waals surface area contributed by atoms with Crippen LogP contribution in [0.15, 0.2) is 36.9 Å². The molecule has 0 aromatic heterocycles. The Morgan fingerprint density at radius 1 is 1.19 bits per heavy atom. The van der Waals surface area contributed by atoms with Crippen molar-refractivity contribution in [2.45, 2.75) is 33.6 Å². The molecular weight excluding hydrogens is 258 g/mol. The minimum Gasteiger partial charge on any atom is -0.493 e. The Bertz CT molecular complexity index is 631. The van der Waals surface area contributed by atoms with Crippen LogP contribution in [0.25, 0.3) is 16.3 Å². The molecule has 2 aromatic carbocycles. The Hall–Kier alpha value is -1.96. The molecule has 0 atom stereocenters. The van der Waals surface area contributed by atoms with Crippen LogP contribution in [0, 0.1) is 0 Å². The first-order chi connectivity index (χ1) is 10.2. The van der Waals surface area contributed by atoms with E-state index in [9.17, 15) is 0 Å². The van der Waals surface area contributed by atoms with E-state index >= 15 is 0 Å². The quantitative estimate of drug-likeness (QED) is 0.679. The lowest BCUT2D eigenvalue weighted by atomic mass is 9.97. The number of nitrogens with one attached hydrogen (secondary N) is 1. The third kappa shape index (κ3) is 3.38. The van der Waals surface area contributed by atoms with Gasteiger partial charge in [-0.15, -0.1) is 0 Å². The van der Waals surface area contributed by atoms with Gasteiger partial charge < -0.3 is 10.1 Å². The summed E-state index contributed by atoms with van der Waals surface area (Å²) in [5, 5.41) is 5.92. The van der Waals surface area contributed by atoms with E-state index in [1.165, 1.54) is 29.5 Å². The summed E-state index contributed by atoms with van der Waals surface area (Å²) in [6, 6.07) is 10.5. The Balaban J connectivity index is 2.57. The molecule has 0 aliphatic rings. The van der Waals surface area contributed by atoms with Gasteiger partial charge in [0.1, 0.15) is 5.75 Å². The maximum absolute atomic E-state index is 5.78. The van der Waals surface area contributed by atoms with Crippen LogP contribution in [0.5, 0.6) is 5.75 Å². The number of benzene rings is 2. The van der Waals surface area contributed by atoms with Gasteiger partial charge in [0.25, 0.3) is 0 Å². The summed E-state index contributed by atoms with van der Waals surface area (Å²) >= 11 is 0. The van der Waals surface area contributed by atoms with Gasteiger partial charge in [0.05, 0.1) is 6.61 Å². The summed E-state index contributed by atoms with van der Waals surface area (Å²) < 4.78 is 5.78. The zero-order chi connectivity index (χ0) is 15.2. The Morgan fingerprint density at radius 2 is 2.00 bits per heavy atom. The third-order valence-corrected chi connectivity index (χ3v) is 3.61. The van der Waals surface area contributed by atoms with Crippen molar-refractivity contribution in [3.8, 4) is 5.75 Å². The van der Waals surface area contributed by atoms with Crippen molar-refractivity contribution >= 4 is 22.0 Å². The lowest BCUT2D eigenvalue weighted by Crippen LogP contribution is -2.03. The van der Waals surface area contributed by atoms with Gasteiger partial charge in [-0.1, -0.05) is 43.7 Å². The molecule has 2 nitrogen and oxygen atoms in total. The molecule has 112 valence electrons. The number of ether oxygens (including phenoxy) is 1. The van der Waals surface area contributed by atoms with Crippen molar-refractivity contribution in [2.75, 3.05) is 18.5 Å². The third-order valence-electron chi connectivity index (χ3n) is 3.61. The summed E-state index contributed by atoms with van der Waals surface area (Å²) in [6.07, 6.45) is 2.36. The van der Waals surface area contributed by atoms with Crippen LogP contribution in [0.2, 0.25) is 0 Å². The van der Waals surface area contributed by atoms with Crippen molar-refractivity contribution in [1.29, 1.82) is 0 Å². The van der Waals surface area contributed by atoms with E-state index in [2.05, 4.69) is 56.1 Å². The second kappa shape index (κ2) is 7.16. The number of anilines is 1. The normalized spacial score (nSPS) is 10.6. The topological polar surface area (TPSA) is 21.3 Å². The fourth-order valence-corrected chi connectivity index (χ4v) is 2.56. The fourth-order valence-electron chi connectivity index (χ4n) is 2.56. The van der Waals surface area contributed by atoms with E-state index in [4.69, 9.17) is 4.74 Å². The molecule has 0 amide bonds. The van der Waals surface area contributed by atoms with E-state index in [1.807, 2.05) is 6.92 Å². The lowest BCUT2D eigenvalue weighted by molar-refractivity contribution is 0.344. The number of hydrogen-bond donors (Lipinski definition) is 1. The fraction of sp³-hybridized carbons (Fsp3) is 0.368. The minimum atomic E-state index is 0.676. The van der Waals surface area contributed by atoms with Crippen molar-refractivity contribution in [2.24, 2.45) is 0 Å². The highest BCUT2D eigenvalue weighted by molar-refractivity contribution is 6.04. The standard InChI is InChI=1S/C19H25NO/c1-5-7-13-20-17-11-12-18(21-6-2)16-10-8-9-15(14(3)4)19(16)17/h8-12,20H,3,5-7,13H2,1-2,4H3. The Morgan fingerprint density at radius 3 is 2.67 bits per heavy atom. The molecule has 0 aliphatic carbocycles. The van der Waals surface area contributed by atoms with Crippen molar-refractivity contribution in [1.82, 2.24) is 0 Å². The van der Waals surface area contributed by atoms with Crippen molar-refractivity contribution in [3.05, 3.63) is 42.5 Å². The van der Waals surface area contributed by atoms with Crippen LogP contribution < -0.4 is 10.1 Å². The van der Waals surface area contributed by atoms with Gasteiger partial charge in [0.15, 0.2) is 0 Å². The monoisotopic (exact) mass is 283 g/mol. The molecule has 0 aliphatic heterocycles. The summed E-state index contributed by atoms with van der Waals surface area (Å²) in [6.45, 7) is 12.1. The maximum Gasteiger partial charge on any atom is 0.127 e. The molecule has 2 rings (SSSR count). The largest absolute Gasteiger partial charge is 0.493 e. The number of allylic oxidation sites excluding steroid dienone is 1. The second-order valence-electron chi connectivity index (χ2n) is 5.33. The van der Waals surface area contributed by atoms with Gasteiger partial charge in [-0.25, -0.2) is 0 Å². The molecule has 21 heavy (non-hydrogen) atoms. The first-order valence-electron chi connectivity index (χ1n) is 7.77. The van der Waals surface area contributed by atoms with Crippen LogP contribution in [0.4, 0.5) is 5.69 Å². The van der Waals surface area contributed by atoms with Crippen LogP contribution in [0.3, 0.4) is 0 Å². The molecule has 0 radical (unpaired) electrons. The molecule has 0 heterocycles. The van der Waals surface area contributed by atoms with Crippen LogP contribution in [0.1, 0.15) is 39.2 Å². The summed E-state index contributed by atoms with van der Waals surface area (Å²) in [7, 11) is 0. The molecule has 0 spiro atoms. The van der Waals surface area contributed by atoms with E-state index in [0.717, 1.165) is 23.3 Å². The molecule has 0 saturated carbocycles. The van der Waals surface area contributed by atoms with Gasteiger partial charge in [-0.3, -0.25) is 0 Å². The lowest BCUT2D eigenvalue weighted by Gasteiger charge is -2.16. The van der Waals surface area contributed by atoms with Gasteiger partial charge >= 0.3 is 0 Å². The molecule has 2 aromatic rings. The van der Waals surface area contributed by atoms with Crippen molar-refractivity contribution in [3.63, 3.8) is 0 Å². The molecule has 1 N–H and O–H groups in total. The van der Waals surface area contributed by atoms with Crippen LogP contribution in [-0.4, -0.2) is 13.2 Å². The van der Waals surface area contributed by atoms with Gasteiger partial charge in [0.2, 0.25) is 0 Å². The predicted octanol–water partition coefficient (Wildman–Crippen LogP) is 5.48. The Kier molecular flexibility index (Phi) is 5.26. The average molecular weight is 283 g/mol. The van der Waals surface area contributed by atoms with Crippen LogP contribution in [-0.2, 0) is 0 Å². The predicted molar refractivity (Wildman–Crippen MR) is 93.2 cm³/mol. The van der Waals surface area contributed by atoms with Gasteiger partial charge in [-0.2, -0.15) is 0 Å². The maximum atomic E-state index is 5.78. The van der Waals surface area contributed by atoms with E-state index in [0.29, 0.717) is 6.61 Å². The highest BCUT2D eigenvalue weighted by Gasteiger charge is 2.11. The van der Waals surface area contributed by atoms with E-state index < -0.39 is 0 Å². The molecular formula is C19H25NO. The Labute approximate surface area is 127 Å². The number of fused-ring (bicyclic) bond motifs is 1. The molecule has 0 fully saturated rings. The molecule has 2 heteroatoms. The highest BCUT2D eigenvalue weighted by atomic mass is 16.5. The number of unbranched alkanes of at least 4 members (excludes halogenated alkanes) is 1. The van der Waals surface area contributed by atoms with Crippen molar-refractivity contribution < 1.29 is 4.74 Å². The molecule has 0 unspecified atom stereocenters. The highest BCUT2D eigenvalue weighted by Crippen LogP contribution is 2.36. The summed E-state index contributed by atoms with van der Waals surface area (Å²) in [5.74, 6) is 0.941. The SMILES string of the molecule is C=C(C)c1cccc2c(OCC)ccc(NCCCC)c12. The molecule has 0 saturated heterocycles. The first-order valence-corrected chi connectivity index (χ1v) is 7.77. The minimum absolute atomic E-state index is 0.676. The number of hydrogen-bond acceptors (Lipinski definition) is 2. The number of rotatable bonds is 7. The first kappa shape index (κ1) is 15.4. The average Bonchev–Trinajstić information content (AvgIpc) is 2.49. The summed E-state index contributed by atoms with van der Waals surface area (Å²) in [5.41, 5.74) is 3.43. The smallest absolute Gasteiger partial charge is 0.127 e.